The maximum Gasteiger partial charge on any atom is 0.349 e. The Kier molecular flexibility index (Phi) is 6.01. The molecule has 1 heterocycles. The lowest BCUT2D eigenvalue weighted by Crippen LogP contribution is -2.18. The average Bonchev–Trinajstić information content (AvgIpc) is 3.10. The maximum atomic E-state index is 11.8. The molecule has 0 spiro atoms. The number of carboxylic acid groups (broad SMARTS) is 1. The number of oxazole rings is 1. The molecule has 27 heavy (non-hydrogen) atoms. The topological polar surface area (TPSA) is 81.8 Å². The molecule has 3 rings (SSSR count). The van der Waals surface area contributed by atoms with Gasteiger partial charge >= 0.3 is 5.97 Å². The van der Waals surface area contributed by atoms with Crippen molar-refractivity contribution in [2.45, 2.75) is 12.7 Å². The smallest absolute Gasteiger partial charge is 0.349 e. The van der Waals surface area contributed by atoms with Gasteiger partial charge in [-0.1, -0.05) is 35.3 Å². The fourth-order valence-corrected chi connectivity index (χ4v) is 2.74. The Morgan fingerprint density at radius 1 is 1.19 bits per heavy atom. The summed E-state index contributed by atoms with van der Waals surface area (Å²) in [4.78, 5) is 16.1. The van der Waals surface area contributed by atoms with Gasteiger partial charge in [0, 0.05) is 22.7 Å². The van der Waals surface area contributed by atoms with E-state index < -0.39 is 12.1 Å². The van der Waals surface area contributed by atoms with Gasteiger partial charge in [0.15, 0.2) is 0 Å². The molecule has 0 saturated heterocycles. The minimum absolute atomic E-state index is 0.250. The average molecular weight is 408 g/mol. The summed E-state index contributed by atoms with van der Waals surface area (Å²) in [6.45, 7) is 0.281. The van der Waals surface area contributed by atoms with Gasteiger partial charge in [0.05, 0.1) is 12.2 Å². The van der Waals surface area contributed by atoms with Crippen LogP contribution in [0.3, 0.4) is 0 Å². The van der Waals surface area contributed by atoms with Crippen LogP contribution in [0.4, 0.5) is 0 Å². The second kappa shape index (κ2) is 8.43. The van der Waals surface area contributed by atoms with Crippen LogP contribution in [-0.2, 0) is 16.1 Å². The highest BCUT2D eigenvalue weighted by molar-refractivity contribution is 6.31. The Balaban J connectivity index is 1.97. The van der Waals surface area contributed by atoms with E-state index in [-0.39, 0.29) is 18.2 Å². The third-order valence-electron chi connectivity index (χ3n) is 3.66. The van der Waals surface area contributed by atoms with Gasteiger partial charge in [-0.2, -0.15) is 0 Å². The Morgan fingerprint density at radius 3 is 2.56 bits per heavy atom. The number of carboxylic acids is 1. The first kappa shape index (κ1) is 19.2. The molecule has 1 unspecified atom stereocenters. The first-order valence-corrected chi connectivity index (χ1v) is 8.61. The molecule has 0 radical (unpaired) electrons. The van der Waals surface area contributed by atoms with Crippen molar-refractivity contribution < 1.29 is 23.8 Å². The second-order valence-electron chi connectivity index (χ2n) is 5.61. The van der Waals surface area contributed by atoms with E-state index >= 15 is 0 Å². The molecule has 2 aromatic carbocycles. The fourth-order valence-electron chi connectivity index (χ4n) is 2.44. The van der Waals surface area contributed by atoms with E-state index in [2.05, 4.69) is 4.98 Å². The summed E-state index contributed by atoms with van der Waals surface area (Å²) in [7, 11) is 1.55. The largest absolute Gasteiger partial charge is 0.478 e. The van der Waals surface area contributed by atoms with Crippen molar-refractivity contribution in [2.75, 3.05) is 7.11 Å². The lowest BCUT2D eigenvalue weighted by atomic mass is 10.1. The van der Waals surface area contributed by atoms with Crippen molar-refractivity contribution in [3.8, 4) is 17.2 Å². The van der Waals surface area contributed by atoms with E-state index in [1.807, 2.05) is 0 Å². The zero-order valence-corrected chi connectivity index (χ0v) is 15.7. The molecule has 0 aliphatic rings. The van der Waals surface area contributed by atoms with Crippen molar-refractivity contribution in [3.63, 3.8) is 0 Å². The molecule has 0 fully saturated rings. The minimum atomic E-state index is -1.24. The van der Waals surface area contributed by atoms with Crippen LogP contribution >= 0.6 is 23.2 Å². The predicted octanol–water partition coefficient (Wildman–Crippen LogP) is 5.00. The molecule has 1 atom stereocenters. The van der Waals surface area contributed by atoms with E-state index in [0.29, 0.717) is 26.9 Å². The van der Waals surface area contributed by atoms with E-state index in [0.717, 1.165) is 0 Å². The summed E-state index contributed by atoms with van der Waals surface area (Å²) in [5.74, 6) is -0.627. The minimum Gasteiger partial charge on any atom is -0.478 e. The summed E-state index contributed by atoms with van der Waals surface area (Å²) in [6, 6.07) is 11.2. The molecular formula is C19H15Cl2NO5. The van der Waals surface area contributed by atoms with Crippen molar-refractivity contribution >= 4 is 29.2 Å². The van der Waals surface area contributed by atoms with Crippen LogP contribution in [0, 0.1) is 0 Å². The zero-order valence-electron chi connectivity index (χ0n) is 14.2. The molecule has 8 heteroatoms. The predicted molar refractivity (Wildman–Crippen MR) is 100 cm³/mol. The van der Waals surface area contributed by atoms with Gasteiger partial charge in [-0.25, -0.2) is 9.78 Å². The van der Waals surface area contributed by atoms with Gasteiger partial charge < -0.3 is 19.0 Å². The normalized spacial score (nSPS) is 12.0. The molecule has 140 valence electrons. The lowest BCUT2D eigenvalue weighted by Gasteiger charge is -2.17. The first-order valence-electron chi connectivity index (χ1n) is 7.86. The molecular weight excluding hydrogens is 393 g/mol. The molecule has 0 amide bonds. The number of hydrogen-bond acceptors (Lipinski definition) is 5. The van der Waals surface area contributed by atoms with Crippen LogP contribution in [0.2, 0.25) is 10.0 Å². The van der Waals surface area contributed by atoms with Crippen LogP contribution in [0.25, 0.3) is 11.5 Å². The Morgan fingerprint density at radius 2 is 1.89 bits per heavy atom. The molecule has 0 saturated carbocycles. The van der Waals surface area contributed by atoms with E-state index in [4.69, 9.17) is 37.1 Å². The van der Waals surface area contributed by atoms with Crippen LogP contribution < -0.4 is 4.74 Å². The van der Waals surface area contributed by atoms with Gasteiger partial charge in [0.25, 0.3) is 0 Å². The van der Waals surface area contributed by atoms with Crippen molar-refractivity contribution in [2.24, 2.45) is 0 Å². The van der Waals surface area contributed by atoms with Gasteiger partial charge in [-0.05, 0) is 30.3 Å². The van der Waals surface area contributed by atoms with Crippen LogP contribution in [0.5, 0.6) is 5.75 Å². The standard InChI is InChI=1S/C19H15Cl2NO5/c1-25-9-14-10-26-18(22-14)15-8-13(21)6-7-16(15)27-17(19(23)24)11-2-4-12(20)5-3-11/h2-8,10,17H,9H2,1H3,(H,23,24). The SMILES string of the molecule is COCc1coc(-c2cc(Cl)ccc2OC(C(=O)O)c2ccc(Cl)cc2)n1. The number of methoxy groups -OCH3 is 1. The van der Waals surface area contributed by atoms with E-state index in [1.54, 1.807) is 49.6 Å². The molecule has 0 bridgehead atoms. The molecule has 3 aromatic rings. The third kappa shape index (κ3) is 4.60. The molecule has 1 aromatic heterocycles. The molecule has 0 aliphatic heterocycles. The summed E-state index contributed by atoms with van der Waals surface area (Å²) in [5.41, 5.74) is 1.47. The van der Waals surface area contributed by atoms with Crippen LogP contribution in [0.1, 0.15) is 17.4 Å². The number of halogens is 2. The number of benzene rings is 2. The van der Waals surface area contributed by atoms with E-state index in [9.17, 15) is 9.90 Å². The number of ether oxygens (including phenoxy) is 2. The Bertz CT molecular complexity index is 940. The van der Waals surface area contributed by atoms with Gasteiger partial charge in [0.1, 0.15) is 17.7 Å². The second-order valence-corrected chi connectivity index (χ2v) is 6.48. The van der Waals surface area contributed by atoms with Crippen molar-refractivity contribution in [1.29, 1.82) is 0 Å². The number of nitrogens with zero attached hydrogens (tertiary/aromatic N) is 1. The maximum absolute atomic E-state index is 11.8. The molecule has 6 nitrogen and oxygen atoms in total. The number of aliphatic carboxylic acids is 1. The zero-order chi connectivity index (χ0) is 19.4. The quantitative estimate of drug-likeness (QED) is 0.593. The van der Waals surface area contributed by atoms with Crippen molar-refractivity contribution in [3.05, 3.63) is 70.0 Å². The Hall–Kier alpha value is -2.54. The summed E-state index contributed by atoms with van der Waals surface area (Å²) < 4.78 is 16.3. The fraction of sp³-hybridized carbons (Fsp3) is 0.158. The first-order chi connectivity index (χ1) is 13.0. The highest BCUT2D eigenvalue weighted by Gasteiger charge is 2.24. The monoisotopic (exact) mass is 407 g/mol. The van der Waals surface area contributed by atoms with Gasteiger partial charge in [-0.15, -0.1) is 0 Å². The van der Waals surface area contributed by atoms with Crippen LogP contribution in [-0.4, -0.2) is 23.2 Å². The number of hydrogen-bond donors (Lipinski definition) is 1. The van der Waals surface area contributed by atoms with Crippen LogP contribution in [0.15, 0.2) is 53.1 Å². The van der Waals surface area contributed by atoms with Gasteiger partial charge in [-0.3, -0.25) is 0 Å². The molecule has 1 N–H and O–H groups in total. The Labute approximate surface area is 165 Å². The number of aromatic nitrogens is 1. The third-order valence-corrected chi connectivity index (χ3v) is 4.14. The number of carbonyl (C=O) groups is 1. The molecule has 0 aliphatic carbocycles. The number of rotatable bonds is 7. The lowest BCUT2D eigenvalue weighted by molar-refractivity contribution is -0.145. The van der Waals surface area contributed by atoms with Crippen molar-refractivity contribution in [1.82, 2.24) is 4.98 Å². The highest BCUT2D eigenvalue weighted by atomic mass is 35.5. The highest BCUT2D eigenvalue weighted by Crippen LogP contribution is 2.35. The summed E-state index contributed by atoms with van der Waals surface area (Å²) in [6.07, 6.45) is 0.216. The van der Waals surface area contributed by atoms with Gasteiger partial charge in [0.2, 0.25) is 12.0 Å². The summed E-state index contributed by atoms with van der Waals surface area (Å²) >= 11 is 12.0. The van der Waals surface area contributed by atoms with E-state index in [1.165, 1.54) is 6.26 Å². The summed E-state index contributed by atoms with van der Waals surface area (Å²) in [5, 5.41) is 10.5.